The van der Waals surface area contributed by atoms with E-state index in [1.54, 1.807) is 0 Å². The Kier molecular flexibility index (Phi) is 1.89. The summed E-state index contributed by atoms with van der Waals surface area (Å²) in [6.45, 7) is 0.107. The maximum Gasteiger partial charge on any atom is 0.227 e. The number of amides is 1. The van der Waals surface area contributed by atoms with E-state index in [1.807, 2.05) is 11.0 Å². The highest BCUT2D eigenvalue weighted by molar-refractivity contribution is 5.80. The van der Waals surface area contributed by atoms with Crippen molar-refractivity contribution >= 4 is 5.91 Å². The highest BCUT2D eigenvalue weighted by atomic mass is 16.3. The third-order valence-electron chi connectivity index (χ3n) is 2.70. The number of hydrogen-bond donors (Lipinski definition) is 1. The Bertz CT molecular complexity index is 225. The van der Waals surface area contributed by atoms with E-state index in [-0.39, 0.29) is 24.6 Å². The average Bonchev–Trinajstić information content (AvgIpc) is 2.49. The number of hydrogen-bond acceptors (Lipinski definition) is 2. The molecule has 0 radical (unpaired) electrons. The fraction of sp³-hybridized carbons (Fsp3) is 0.667. The first-order valence-corrected chi connectivity index (χ1v) is 4.41. The molecule has 0 bridgehead atoms. The quantitative estimate of drug-likeness (QED) is 0.570. The highest BCUT2D eigenvalue weighted by Crippen LogP contribution is 2.28. The predicted molar refractivity (Wildman–Crippen MR) is 44.5 cm³/mol. The van der Waals surface area contributed by atoms with Crippen LogP contribution < -0.4 is 0 Å². The van der Waals surface area contributed by atoms with Crippen molar-refractivity contribution in [3.05, 3.63) is 12.2 Å². The first kappa shape index (κ1) is 7.80. The Balaban J connectivity index is 2.19. The van der Waals surface area contributed by atoms with Gasteiger partial charge in [-0.15, -0.1) is 0 Å². The largest absolute Gasteiger partial charge is 0.394 e. The number of carbonyl (C=O) groups is 1. The number of aliphatic hydroxyl groups excluding tert-OH is 1. The van der Waals surface area contributed by atoms with Crippen molar-refractivity contribution in [3.63, 3.8) is 0 Å². The summed E-state index contributed by atoms with van der Waals surface area (Å²) < 4.78 is 0. The lowest BCUT2D eigenvalue weighted by Crippen LogP contribution is -2.43. The molecular formula is C9H13NO2. The molecule has 3 nitrogen and oxygen atoms in total. The Morgan fingerprint density at radius 1 is 1.58 bits per heavy atom. The molecule has 2 unspecified atom stereocenters. The zero-order valence-electron chi connectivity index (χ0n) is 6.94. The van der Waals surface area contributed by atoms with Gasteiger partial charge in [-0.1, -0.05) is 12.2 Å². The van der Waals surface area contributed by atoms with Gasteiger partial charge in [0.25, 0.3) is 0 Å². The van der Waals surface area contributed by atoms with E-state index in [4.69, 9.17) is 5.11 Å². The smallest absolute Gasteiger partial charge is 0.227 e. The van der Waals surface area contributed by atoms with E-state index in [0.717, 1.165) is 12.8 Å². The standard InChI is InChI=1S/C9H13NO2/c11-6-8-5-4-7-2-1-3-9(12)10(7)8/h1-2,7-8,11H,3-6H2. The molecule has 12 heavy (non-hydrogen) atoms. The molecule has 0 aromatic rings. The highest BCUT2D eigenvalue weighted by Gasteiger charge is 2.35. The van der Waals surface area contributed by atoms with Gasteiger partial charge < -0.3 is 10.0 Å². The van der Waals surface area contributed by atoms with Gasteiger partial charge in [0.2, 0.25) is 5.91 Å². The molecule has 1 saturated heterocycles. The summed E-state index contributed by atoms with van der Waals surface area (Å²) in [6, 6.07) is 0.343. The molecule has 0 aromatic carbocycles. The maximum atomic E-state index is 11.4. The van der Waals surface area contributed by atoms with E-state index in [2.05, 4.69) is 6.08 Å². The Labute approximate surface area is 71.7 Å². The molecule has 0 aromatic heterocycles. The molecule has 0 spiro atoms. The van der Waals surface area contributed by atoms with Crippen molar-refractivity contribution in [2.24, 2.45) is 0 Å². The third kappa shape index (κ3) is 1.05. The number of fused-ring (bicyclic) bond motifs is 1. The second-order valence-corrected chi connectivity index (χ2v) is 3.41. The van der Waals surface area contributed by atoms with Crippen LogP contribution in [0, 0.1) is 0 Å². The van der Waals surface area contributed by atoms with Crippen LogP contribution in [0.4, 0.5) is 0 Å². The van der Waals surface area contributed by atoms with Gasteiger partial charge in [0.05, 0.1) is 18.7 Å². The summed E-state index contributed by atoms with van der Waals surface area (Å²) in [7, 11) is 0. The normalized spacial score (nSPS) is 34.1. The monoisotopic (exact) mass is 167 g/mol. The molecule has 3 heteroatoms. The lowest BCUT2D eigenvalue weighted by Gasteiger charge is -2.30. The van der Waals surface area contributed by atoms with Gasteiger partial charge in [-0.25, -0.2) is 0 Å². The van der Waals surface area contributed by atoms with Gasteiger partial charge in [0.15, 0.2) is 0 Å². The fourth-order valence-electron chi connectivity index (χ4n) is 2.10. The molecule has 0 saturated carbocycles. The van der Waals surface area contributed by atoms with Crippen LogP contribution in [-0.4, -0.2) is 34.6 Å². The van der Waals surface area contributed by atoms with Gasteiger partial charge >= 0.3 is 0 Å². The first-order valence-electron chi connectivity index (χ1n) is 4.41. The summed E-state index contributed by atoms with van der Waals surface area (Å²) in [5.41, 5.74) is 0. The first-order chi connectivity index (χ1) is 5.83. The minimum Gasteiger partial charge on any atom is -0.394 e. The summed E-state index contributed by atoms with van der Waals surface area (Å²) in [5.74, 6) is 0.166. The second-order valence-electron chi connectivity index (χ2n) is 3.41. The number of aliphatic hydroxyl groups is 1. The minimum absolute atomic E-state index is 0.0763. The molecule has 1 N–H and O–H groups in total. The lowest BCUT2D eigenvalue weighted by atomic mass is 10.1. The van der Waals surface area contributed by atoms with Crippen molar-refractivity contribution in [1.82, 2.24) is 4.90 Å². The van der Waals surface area contributed by atoms with Crippen LogP contribution in [0.15, 0.2) is 12.2 Å². The minimum atomic E-state index is 0.0763. The van der Waals surface area contributed by atoms with Gasteiger partial charge in [-0.3, -0.25) is 4.79 Å². The Hall–Kier alpha value is -0.830. The summed E-state index contributed by atoms with van der Waals surface area (Å²) in [5, 5.41) is 9.00. The van der Waals surface area contributed by atoms with Crippen LogP contribution >= 0.6 is 0 Å². The van der Waals surface area contributed by atoms with Crippen LogP contribution in [0.5, 0.6) is 0 Å². The van der Waals surface area contributed by atoms with Gasteiger partial charge in [0, 0.05) is 6.42 Å². The van der Waals surface area contributed by atoms with Gasteiger partial charge in [-0.2, -0.15) is 0 Å². The molecule has 2 aliphatic rings. The van der Waals surface area contributed by atoms with Crippen LogP contribution in [0.25, 0.3) is 0 Å². The second kappa shape index (κ2) is 2.90. The third-order valence-corrected chi connectivity index (χ3v) is 2.70. The molecule has 2 rings (SSSR count). The van der Waals surface area contributed by atoms with Crippen molar-refractivity contribution in [3.8, 4) is 0 Å². The van der Waals surface area contributed by atoms with Crippen LogP contribution in [0.1, 0.15) is 19.3 Å². The predicted octanol–water partition coefficient (Wildman–Crippen LogP) is 0.298. The Morgan fingerprint density at radius 2 is 2.42 bits per heavy atom. The summed E-state index contributed by atoms with van der Waals surface area (Å²) >= 11 is 0. The van der Waals surface area contributed by atoms with Crippen molar-refractivity contribution < 1.29 is 9.90 Å². The van der Waals surface area contributed by atoms with E-state index in [9.17, 15) is 4.79 Å². The van der Waals surface area contributed by atoms with E-state index in [1.165, 1.54) is 0 Å². The van der Waals surface area contributed by atoms with Crippen LogP contribution in [0.2, 0.25) is 0 Å². The molecule has 0 aliphatic carbocycles. The fourth-order valence-corrected chi connectivity index (χ4v) is 2.10. The molecule has 2 atom stereocenters. The van der Waals surface area contributed by atoms with Crippen molar-refractivity contribution in [2.45, 2.75) is 31.3 Å². The van der Waals surface area contributed by atoms with Crippen molar-refractivity contribution in [2.75, 3.05) is 6.61 Å². The maximum absolute atomic E-state index is 11.4. The average molecular weight is 167 g/mol. The zero-order chi connectivity index (χ0) is 8.55. The number of carbonyl (C=O) groups excluding carboxylic acids is 1. The zero-order valence-corrected chi connectivity index (χ0v) is 6.94. The summed E-state index contributed by atoms with van der Waals surface area (Å²) in [4.78, 5) is 13.2. The summed E-state index contributed by atoms with van der Waals surface area (Å²) in [6.07, 6.45) is 6.47. The van der Waals surface area contributed by atoms with E-state index >= 15 is 0 Å². The molecule has 2 heterocycles. The molecule has 66 valence electrons. The van der Waals surface area contributed by atoms with Crippen LogP contribution in [0.3, 0.4) is 0 Å². The molecule has 1 amide bonds. The molecular weight excluding hydrogens is 154 g/mol. The number of rotatable bonds is 1. The topological polar surface area (TPSA) is 40.5 Å². The van der Waals surface area contributed by atoms with Gasteiger partial charge in [-0.05, 0) is 12.8 Å². The lowest BCUT2D eigenvalue weighted by molar-refractivity contribution is -0.133. The molecule has 2 aliphatic heterocycles. The van der Waals surface area contributed by atoms with Gasteiger partial charge in [0.1, 0.15) is 0 Å². The Morgan fingerprint density at radius 3 is 3.17 bits per heavy atom. The SMILES string of the molecule is O=C1CC=CC2CCC(CO)N12. The molecule has 1 fully saturated rings. The van der Waals surface area contributed by atoms with E-state index < -0.39 is 0 Å². The van der Waals surface area contributed by atoms with Crippen LogP contribution in [-0.2, 0) is 4.79 Å². The van der Waals surface area contributed by atoms with Crippen molar-refractivity contribution in [1.29, 1.82) is 0 Å². The number of nitrogens with zero attached hydrogens (tertiary/aromatic N) is 1. The van der Waals surface area contributed by atoms with E-state index in [0.29, 0.717) is 6.42 Å².